The Kier molecular flexibility index (Phi) is 4.37. The average Bonchev–Trinajstić information content (AvgIpc) is 3.17. The lowest BCUT2D eigenvalue weighted by Crippen LogP contribution is -2.19. The first kappa shape index (κ1) is 17.2. The molecule has 1 atom stereocenters. The van der Waals surface area contributed by atoms with Gasteiger partial charge in [-0.25, -0.2) is 9.37 Å². The molecule has 0 radical (unpaired) electrons. The molecular formula is C19H14ClFN4O2. The Morgan fingerprint density at radius 3 is 2.89 bits per heavy atom. The van der Waals surface area contributed by atoms with Gasteiger partial charge in [-0.15, -0.1) is 0 Å². The summed E-state index contributed by atoms with van der Waals surface area (Å²) in [5.41, 5.74) is 2.29. The predicted octanol–water partition coefficient (Wildman–Crippen LogP) is 4.54. The number of hydrogen-bond donors (Lipinski definition) is 2. The number of anilines is 1. The highest BCUT2D eigenvalue weighted by Crippen LogP contribution is 2.25. The standard InChI is InChI=1S/C19H14ClFN4O2/c1-10(24-18-6-11(2-3-22-18)13-8-23-27-9-13)14-4-12-5-15(20)16(21)7-17(12)25-19(14)26/h2-10H,1H3,(H,22,24)(H,25,26)/t10-/m0/s1. The smallest absolute Gasteiger partial charge is 0.253 e. The largest absolute Gasteiger partial charge is 0.364 e. The highest BCUT2D eigenvalue weighted by Gasteiger charge is 2.14. The van der Waals surface area contributed by atoms with E-state index in [0.717, 1.165) is 11.1 Å². The van der Waals surface area contributed by atoms with Crippen LogP contribution in [0.3, 0.4) is 0 Å². The number of rotatable bonds is 4. The first-order valence-electron chi connectivity index (χ1n) is 8.15. The molecule has 3 heterocycles. The minimum absolute atomic E-state index is 0.00389. The number of aromatic amines is 1. The Bertz CT molecular complexity index is 1170. The number of nitrogens with one attached hydrogen (secondary N) is 2. The van der Waals surface area contributed by atoms with E-state index in [1.54, 1.807) is 24.7 Å². The summed E-state index contributed by atoms with van der Waals surface area (Å²) in [7, 11) is 0. The topological polar surface area (TPSA) is 83.8 Å². The third kappa shape index (κ3) is 3.41. The van der Waals surface area contributed by atoms with Crippen molar-refractivity contribution in [2.75, 3.05) is 5.32 Å². The third-order valence-electron chi connectivity index (χ3n) is 4.27. The van der Waals surface area contributed by atoms with Gasteiger partial charge in [0.15, 0.2) is 0 Å². The number of halogens is 2. The van der Waals surface area contributed by atoms with Gasteiger partial charge >= 0.3 is 0 Å². The van der Waals surface area contributed by atoms with E-state index in [0.29, 0.717) is 22.3 Å². The van der Waals surface area contributed by atoms with Gasteiger partial charge in [-0.1, -0.05) is 16.8 Å². The molecule has 0 unspecified atom stereocenters. The Morgan fingerprint density at radius 2 is 2.11 bits per heavy atom. The lowest BCUT2D eigenvalue weighted by atomic mass is 10.1. The van der Waals surface area contributed by atoms with Crippen LogP contribution in [0.1, 0.15) is 18.5 Å². The fourth-order valence-electron chi connectivity index (χ4n) is 2.88. The zero-order valence-corrected chi connectivity index (χ0v) is 14.9. The van der Waals surface area contributed by atoms with Crippen molar-refractivity contribution in [3.63, 3.8) is 0 Å². The molecule has 0 aliphatic heterocycles. The summed E-state index contributed by atoms with van der Waals surface area (Å²) in [4.78, 5) is 19.4. The van der Waals surface area contributed by atoms with Crippen LogP contribution in [-0.4, -0.2) is 15.1 Å². The molecule has 136 valence electrons. The van der Waals surface area contributed by atoms with Crippen LogP contribution in [0.2, 0.25) is 5.02 Å². The van der Waals surface area contributed by atoms with Gasteiger partial charge < -0.3 is 14.8 Å². The van der Waals surface area contributed by atoms with E-state index >= 15 is 0 Å². The van der Waals surface area contributed by atoms with Crippen molar-refractivity contribution >= 4 is 28.3 Å². The molecule has 2 N–H and O–H groups in total. The normalized spacial score (nSPS) is 12.3. The van der Waals surface area contributed by atoms with Crippen LogP contribution in [0, 0.1) is 5.82 Å². The van der Waals surface area contributed by atoms with Gasteiger partial charge in [0.05, 0.1) is 22.8 Å². The fourth-order valence-corrected chi connectivity index (χ4v) is 3.05. The van der Waals surface area contributed by atoms with Crippen molar-refractivity contribution in [3.05, 3.63) is 75.7 Å². The van der Waals surface area contributed by atoms with Gasteiger partial charge in [-0.3, -0.25) is 4.79 Å². The molecule has 0 saturated carbocycles. The van der Waals surface area contributed by atoms with Gasteiger partial charge in [0, 0.05) is 22.7 Å². The van der Waals surface area contributed by atoms with E-state index in [1.165, 1.54) is 12.1 Å². The highest BCUT2D eigenvalue weighted by molar-refractivity contribution is 6.31. The Balaban J connectivity index is 1.66. The van der Waals surface area contributed by atoms with Crippen LogP contribution < -0.4 is 10.9 Å². The van der Waals surface area contributed by atoms with E-state index < -0.39 is 5.82 Å². The van der Waals surface area contributed by atoms with Crippen molar-refractivity contribution in [1.82, 2.24) is 15.1 Å². The lowest BCUT2D eigenvalue weighted by molar-refractivity contribution is 0.420. The number of fused-ring (bicyclic) bond motifs is 1. The van der Waals surface area contributed by atoms with E-state index in [-0.39, 0.29) is 16.6 Å². The summed E-state index contributed by atoms with van der Waals surface area (Å²) in [6.45, 7) is 1.84. The van der Waals surface area contributed by atoms with Crippen molar-refractivity contribution in [1.29, 1.82) is 0 Å². The molecule has 6 nitrogen and oxygen atoms in total. The second kappa shape index (κ2) is 6.85. The number of nitrogens with zero attached hydrogens (tertiary/aromatic N) is 2. The maximum absolute atomic E-state index is 13.6. The molecule has 0 fully saturated rings. The quantitative estimate of drug-likeness (QED) is 0.539. The van der Waals surface area contributed by atoms with Crippen molar-refractivity contribution < 1.29 is 8.91 Å². The van der Waals surface area contributed by atoms with Gasteiger partial charge in [-0.05, 0) is 42.8 Å². The van der Waals surface area contributed by atoms with E-state index in [2.05, 4.69) is 20.4 Å². The zero-order valence-electron chi connectivity index (χ0n) is 14.2. The van der Waals surface area contributed by atoms with Crippen molar-refractivity contribution in [2.45, 2.75) is 13.0 Å². The molecule has 4 aromatic rings. The Hall–Kier alpha value is -3.19. The predicted molar refractivity (Wildman–Crippen MR) is 101 cm³/mol. The zero-order chi connectivity index (χ0) is 19.0. The van der Waals surface area contributed by atoms with Crippen LogP contribution in [0.25, 0.3) is 22.0 Å². The van der Waals surface area contributed by atoms with Crippen LogP contribution in [0.5, 0.6) is 0 Å². The summed E-state index contributed by atoms with van der Waals surface area (Å²) in [5, 5.41) is 7.55. The average molecular weight is 385 g/mol. The molecule has 0 spiro atoms. The molecule has 3 aromatic heterocycles. The molecule has 0 aliphatic carbocycles. The summed E-state index contributed by atoms with van der Waals surface area (Å²) in [5.74, 6) is 0.0197. The summed E-state index contributed by atoms with van der Waals surface area (Å²) in [6.07, 6.45) is 4.81. The number of benzene rings is 1. The van der Waals surface area contributed by atoms with Gasteiger partial charge in [0.2, 0.25) is 0 Å². The van der Waals surface area contributed by atoms with Gasteiger partial charge in [0.25, 0.3) is 5.56 Å². The Morgan fingerprint density at radius 1 is 1.26 bits per heavy atom. The van der Waals surface area contributed by atoms with E-state index in [9.17, 15) is 9.18 Å². The molecule has 0 aliphatic rings. The van der Waals surface area contributed by atoms with Crippen LogP contribution in [0.15, 0.2) is 58.3 Å². The maximum atomic E-state index is 13.6. The number of H-pyrrole nitrogens is 1. The second-order valence-corrected chi connectivity index (χ2v) is 6.52. The number of hydrogen-bond acceptors (Lipinski definition) is 5. The van der Waals surface area contributed by atoms with Crippen LogP contribution in [0.4, 0.5) is 10.2 Å². The first-order valence-corrected chi connectivity index (χ1v) is 8.53. The molecule has 4 rings (SSSR count). The second-order valence-electron chi connectivity index (χ2n) is 6.12. The monoisotopic (exact) mass is 384 g/mol. The fraction of sp³-hybridized carbons (Fsp3) is 0.105. The van der Waals surface area contributed by atoms with Gasteiger partial charge in [0.1, 0.15) is 17.9 Å². The van der Waals surface area contributed by atoms with Crippen molar-refractivity contribution in [2.24, 2.45) is 0 Å². The lowest BCUT2D eigenvalue weighted by Gasteiger charge is -2.15. The number of aromatic nitrogens is 3. The molecule has 0 saturated heterocycles. The minimum Gasteiger partial charge on any atom is -0.364 e. The third-order valence-corrected chi connectivity index (χ3v) is 4.56. The van der Waals surface area contributed by atoms with E-state index in [1.807, 2.05) is 19.1 Å². The summed E-state index contributed by atoms with van der Waals surface area (Å²) in [6, 6.07) is 7.73. The molecule has 27 heavy (non-hydrogen) atoms. The molecule has 0 amide bonds. The summed E-state index contributed by atoms with van der Waals surface area (Å²) >= 11 is 5.85. The molecule has 8 heteroatoms. The Labute approximate surface area is 158 Å². The molecular weight excluding hydrogens is 371 g/mol. The SMILES string of the molecule is C[C@H](Nc1cc(-c2cnoc2)ccn1)c1cc2cc(Cl)c(F)cc2[nH]c1=O. The molecule has 1 aromatic carbocycles. The van der Waals surface area contributed by atoms with Crippen LogP contribution in [-0.2, 0) is 0 Å². The maximum Gasteiger partial charge on any atom is 0.253 e. The van der Waals surface area contributed by atoms with Gasteiger partial charge in [-0.2, -0.15) is 0 Å². The minimum atomic E-state index is -0.575. The number of pyridine rings is 2. The first-order chi connectivity index (χ1) is 13.0. The molecule has 0 bridgehead atoms. The highest BCUT2D eigenvalue weighted by atomic mass is 35.5. The summed E-state index contributed by atoms with van der Waals surface area (Å²) < 4.78 is 18.5. The van der Waals surface area contributed by atoms with E-state index in [4.69, 9.17) is 16.1 Å². The van der Waals surface area contributed by atoms with Crippen molar-refractivity contribution in [3.8, 4) is 11.1 Å². The van der Waals surface area contributed by atoms with Crippen LogP contribution >= 0.6 is 11.6 Å².